The molecule has 3 N–H and O–H groups in total. The summed E-state index contributed by atoms with van der Waals surface area (Å²) in [6, 6.07) is 6.42. The molecular weight excluding hydrogens is 260 g/mol. The van der Waals surface area contributed by atoms with Crippen LogP contribution in [0.5, 0.6) is 5.75 Å². The van der Waals surface area contributed by atoms with Gasteiger partial charge in [0.15, 0.2) is 5.78 Å². The summed E-state index contributed by atoms with van der Waals surface area (Å²) >= 11 is 0. The van der Waals surface area contributed by atoms with Crippen molar-refractivity contribution in [2.75, 3.05) is 0 Å². The van der Waals surface area contributed by atoms with E-state index in [1.165, 1.54) is 24.3 Å². The molecule has 2 aliphatic rings. The Morgan fingerprint density at radius 2 is 1.85 bits per heavy atom. The van der Waals surface area contributed by atoms with E-state index in [4.69, 9.17) is 4.74 Å². The molecule has 3 rings (SSSR count). The number of hydrogen-bond donors (Lipinski definition) is 3. The molecule has 3 atom stereocenters. The van der Waals surface area contributed by atoms with Crippen molar-refractivity contribution in [1.29, 1.82) is 0 Å². The number of phenols is 1. The van der Waals surface area contributed by atoms with E-state index in [0.717, 1.165) is 5.56 Å². The van der Waals surface area contributed by atoms with Gasteiger partial charge >= 0.3 is 0 Å². The van der Waals surface area contributed by atoms with Gasteiger partial charge in [-0.05, 0) is 23.8 Å². The second-order valence-corrected chi connectivity index (χ2v) is 4.97. The van der Waals surface area contributed by atoms with Crippen LogP contribution in [0.1, 0.15) is 18.1 Å². The minimum Gasteiger partial charge on any atom is -0.508 e. The quantitative estimate of drug-likeness (QED) is 0.726. The Balaban J connectivity index is 1.90. The first-order chi connectivity index (χ1) is 9.54. The van der Waals surface area contributed by atoms with Gasteiger partial charge in [-0.1, -0.05) is 12.1 Å². The second kappa shape index (κ2) is 4.68. The molecule has 1 saturated heterocycles. The summed E-state index contributed by atoms with van der Waals surface area (Å²) < 4.78 is 5.73. The third-order valence-electron chi connectivity index (χ3n) is 3.56. The van der Waals surface area contributed by atoms with Gasteiger partial charge in [-0.25, -0.2) is 0 Å². The fourth-order valence-electron chi connectivity index (χ4n) is 2.57. The van der Waals surface area contributed by atoms with Crippen LogP contribution in [0.25, 0.3) is 0 Å². The van der Waals surface area contributed by atoms with Gasteiger partial charge in [-0.15, -0.1) is 0 Å². The van der Waals surface area contributed by atoms with E-state index >= 15 is 0 Å². The van der Waals surface area contributed by atoms with Crippen LogP contribution < -0.4 is 0 Å². The zero-order valence-electron chi connectivity index (χ0n) is 10.6. The van der Waals surface area contributed by atoms with Crippen LogP contribution in [0.4, 0.5) is 0 Å². The monoisotopic (exact) mass is 274 g/mol. The first-order valence-corrected chi connectivity index (χ1v) is 6.33. The predicted molar refractivity (Wildman–Crippen MR) is 69.8 cm³/mol. The summed E-state index contributed by atoms with van der Waals surface area (Å²) in [4.78, 5) is 12.2. The number of ether oxygens (including phenoxy) is 1. The number of Topliss-reactive ketones (excluding diaryl/α,β-unsaturated/α-hetero) is 1. The van der Waals surface area contributed by atoms with Crippen molar-refractivity contribution in [2.24, 2.45) is 5.92 Å². The summed E-state index contributed by atoms with van der Waals surface area (Å²) in [7, 11) is 0. The summed E-state index contributed by atoms with van der Waals surface area (Å²) in [5.74, 6) is -0.549. The molecule has 0 spiro atoms. The van der Waals surface area contributed by atoms with Gasteiger partial charge in [0.25, 0.3) is 0 Å². The van der Waals surface area contributed by atoms with E-state index in [0.29, 0.717) is 0 Å². The van der Waals surface area contributed by atoms with E-state index in [9.17, 15) is 20.1 Å². The van der Waals surface area contributed by atoms with Crippen LogP contribution >= 0.6 is 0 Å². The number of carbonyl (C=O) groups is 1. The lowest BCUT2D eigenvalue weighted by atomic mass is 9.84. The average Bonchev–Trinajstić information content (AvgIpc) is 2.38. The van der Waals surface area contributed by atoms with Crippen molar-refractivity contribution in [3.63, 3.8) is 0 Å². The number of aromatic hydroxyl groups is 1. The molecule has 20 heavy (non-hydrogen) atoms. The lowest BCUT2D eigenvalue weighted by Crippen LogP contribution is -2.37. The van der Waals surface area contributed by atoms with E-state index in [1.54, 1.807) is 12.1 Å². The molecule has 5 nitrogen and oxygen atoms in total. The molecule has 0 aromatic heterocycles. The molecule has 1 heterocycles. The van der Waals surface area contributed by atoms with E-state index < -0.39 is 18.1 Å². The Morgan fingerprint density at radius 3 is 2.55 bits per heavy atom. The number of aliphatic hydroxyl groups is 2. The number of rotatable bonds is 1. The SMILES string of the molecule is O=C1CC(c2ccc(O)cc2)OC2=CC(O)=CC(O)C12. The summed E-state index contributed by atoms with van der Waals surface area (Å²) in [5.41, 5.74) is 0.763. The zero-order chi connectivity index (χ0) is 14.3. The van der Waals surface area contributed by atoms with Crippen molar-refractivity contribution < 1.29 is 24.9 Å². The van der Waals surface area contributed by atoms with E-state index in [1.807, 2.05) is 0 Å². The van der Waals surface area contributed by atoms with Crippen LogP contribution in [-0.2, 0) is 9.53 Å². The van der Waals surface area contributed by atoms with E-state index in [-0.39, 0.29) is 29.5 Å². The van der Waals surface area contributed by atoms with E-state index in [2.05, 4.69) is 0 Å². The van der Waals surface area contributed by atoms with Crippen LogP contribution in [0.15, 0.2) is 47.9 Å². The highest BCUT2D eigenvalue weighted by atomic mass is 16.5. The number of hydrogen-bond acceptors (Lipinski definition) is 5. The maximum absolute atomic E-state index is 12.2. The van der Waals surface area contributed by atoms with Gasteiger partial charge in [0, 0.05) is 12.5 Å². The highest BCUT2D eigenvalue weighted by Crippen LogP contribution is 2.38. The number of fused-ring (bicyclic) bond motifs is 1. The smallest absolute Gasteiger partial charge is 0.150 e. The highest BCUT2D eigenvalue weighted by Gasteiger charge is 2.40. The van der Waals surface area contributed by atoms with Crippen molar-refractivity contribution in [1.82, 2.24) is 0 Å². The number of benzene rings is 1. The summed E-state index contributed by atoms with van der Waals surface area (Å²) in [5, 5.41) is 28.6. The molecule has 0 radical (unpaired) electrons. The van der Waals surface area contributed by atoms with Crippen LogP contribution in [0, 0.1) is 5.92 Å². The number of allylic oxidation sites excluding steroid dienone is 1. The average molecular weight is 274 g/mol. The van der Waals surface area contributed by atoms with Gasteiger partial charge in [0.2, 0.25) is 0 Å². The second-order valence-electron chi connectivity index (χ2n) is 4.97. The molecule has 1 aliphatic heterocycles. The number of ketones is 1. The van der Waals surface area contributed by atoms with Gasteiger partial charge in [0.05, 0.1) is 6.10 Å². The highest BCUT2D eigenvalue weighted by molar-refractivity contribution is 5.86. The summed E-state index contributed by atoms with van der Waals surface area (Å²) in [6.07, 6.45) is 1.23. The molecule has 0 bridgehead atoms. The molecular formula is C15H14O5. The normalized spacial score (nSPS) is 29.1. The van der Waals surface area contributed by atoms with Gasteiger partial charge in [0.1, 0.15) is 29.3 Å². The third-order valence-corrected chi connectivity index (χ3v) is 3.56. The lowest BCUT2D eigenvalue weighted by Gasteiger charge is -2.34. The minimum absolute atomic E-state index is 0.108. The lowest BCUT2D eigenvalue weighted by molar-refractivity contribution is -0.133. The topological polar surface area (TPSA) is 87.0 Å². The maximum atomic E-state index is 12.2. The number of aliphatic hydroxyl groups excluding tert-OH is 2. The predicted octanol–water partition coefficient (Wildman–Crippen LogP) is 1.74. The molecule has 1 aliphatic carbocycles. The molecule has 0 amide bonds. The largest absolute Gasteiger partial charge is 0.508 e. The third kappa shape index (κ3) is 2.16. The first-order valence-electron chi connectivity index (χ1n) is 6.33. The van der Waals surface area contributed by atoms with Gasteiger partial charge in [-0.3, -0.25) is 4.79 Å². The summed E-state index contributed by atoms with van der Waals surface area (Å²) in [6.45, 7) is 0. The zero-order valence-corrected chi connectivity index (χ0v) is 10.6. The molecule has 1 fully saturated rings. The van der Waals surface area contributed by atoms with Crippen LogP contribution in [-0.4, -0.2) is 27.2 Å². The maximum Gasteiger partial charge on any atom is 0.150 e. The Kier molecular flexibility index (Phi) is 2.99. The molecule has 5 heteroatoms. The standard InChI is InChI=1S/C15H14O5/c16-9-3-1-8(2-4-9)13-7-12(19)15-11(18)5-10(17)6-14(15)20-13/h1-6,11,13,15-18H,7H2. The molecule has 1 aromatic carbocycles. The molecule has 104 valence electrons. The minimum atomic E-state index is -1.05. The van der Waals surface area contributed by atoms with Crippen molar-refractivity contribution in [2.45, 2.75) is 18.6 Å². The Hall–Kier alpha value is -2.27. The van der Waals surface area contributed by atoms with Crippen molar-refractivity contribution >= 4 is 5.78 Å². The Morgan fingerprint density at radius 1 is 1.15 bits per heavy atom. The van der Waals surface area contributed by atoms with Crippen LogP contribution in [0.3, 0.4) is 0 Å². The first kappa shape index (κ1) is 12.7. The molecule has 1 aromatic rings. The Bertz CT molecular complexity index is 599. The van der Waals surface area contributed by atoms with Crippen molar-refractivity contribution in [3.8, 4) is 5.75 Å². The van der Waals surface area contributed by atoms with Gasteiger partial charge < -0.3 is 20.1 Å². The van der Waals surface area contributed by atoms with Crippen LogP contribution in [0.2, 0.25) is 0 Å². The Labute approximate surface area is 115 Å². The number of carbonyl (C=O) groups excluding carboxylic acids is 1. The number of phenolic OH excluding ortho intramolecular Hbond substituents is 1. The molecule has 0 saturated carbocycles. The fraction of sp³-hybridized carbons (Fsp3) is 0.267. The van der Waals surface area contributed by atoms with Gasteiger partial charge in [-0.2, -0.15) is 0 Å². The van der Waals surface area contributed by atoms with Crippen molar-refractivity contribution in [3.05, 3.63) is 53.5 Å². The molecule has 3 unspecified atom stereocenters. The fourth-order valence-corrected chi connectivity index (χ4v) is 2.57.